The fraction of sp³-hybridized carbons (Fsp3) is 0.0909. The number of H-pyrrole nitrogens is 1. The van der Waals surface area contributed by atoms with Crippen molar-refractivity contribution in [3.63, 3.8) is 0 Å². The van der Waals surface area contributed by atoms with Crippen LogP contribution in [-0.4, -0.2) is 17.0 Å². The van der Waals surface area contributed by atoms with Crippen LogP contribution in [-0.2, 0) is 0 Å². The van der Waals surface area contributed by atoms with Gasteiger partial charge in [0.05, 0.1) is 4.92 Å². The molecule has 4 rings (SSSR count). The first kappa shape index (κ1) is 16.8. The average Bonchev–Trinajstić information content (AvgIpc) is 3.13. The smallest absolute Gasteiger partial charge is 0.269 e. The first-order valence-corrected chi connectivity index (χ1v) is 8.75. The molecule has 134 valence electrons. The van der Waals surface area contributed by atoms with Gasteiger partial charge < -0.3 is 10.3 Å². The number of fused-ring (bicyclic) bond motifs is 1. The van der Waals surface area contributed by atoms with Crippen LogP contribution in [0.5, 0.6) is 0 Å². The van der Waals surface area contributed by atoms with Crippen LogP contribution < -0.4 is 5.32 Å². The van der Waals surface area contributed by atoms with Crippen LogP contribution in [0.1, 0.15) is 22.6 Å². The standard InChI is InChI=1S/C22H19N3O2/c1-23-17-10-6-15(7-11-17)22(16-8-12-18(13-9-16)25(26)27)20-14-24-21-5-3-2-4-19(20)21/h2-14,22-24H,1H3. The van der Waals surface area contributed by atoms with Crippen LogP contribution in [0.25, 0.3) is 10.9 Å². The Kier molecular flexibility index (Phi) is 4.34. The van der Waals surface area contributed by atoms with Gasteiger partial charge in [0.2, 0.25) is 0 Å². The van der Waals surface area contributed by atoms with Crippen molar-refractivity contribution in [2.75, 3.05) is 12.4 Å². The highest BCUT2D eigenvalue weighted by Gasteiger charge is 2.21. The van der Waals surface area contributed by atoms with Gasteiger partial charge in [0.15, 0.2) is 0 Å². The van der Waals surface area contributed by atoms with E-state index in [9.17, 15) is 10.1 Å². The van der Waals surface area contributed by atoms with Gasteiger partial charge in [-0.2, -0.15) is 0 Å². The van der Waals surface area contributed by atoms with Gasteiger partial charge in [-0.25, -0.2) is 0 Å². The number of nitrogens with one attached hydrogen (secondary N) is 2. The summed E-state index contributed by atoms with van der Waals surface area (Å²) in [5.74, 6) is -0.0205. The monoisotopic (exact) mass is 357 g/mol. The molecule has 3 aromatic carbocycles. The number of benzene rings is 3. The molecule has 1 heterocycles. The molecule has 0 saturated carbocycles. The Balaban J connectivity index is 1.87. The quantitative estimate of drug-likeness (QED) is 0.376. The SMILES string of the molecule is CNc1ccc(C(c2ccc([N+](=O)[O-])cc2)c2c[nH]c3ccccc23)cc1. The number of hydrogen-bond donors (Lipinski definition) is 2. The summed E-state index contributed by atoms with van der Waals surface area (Å²) in [4.78, 5) is 14.0. The summed E-state index contributed by atoms with van der Waals surface area (Å²) >= 11 is 0. The zero-order valence-electron chi connectivity index (χ0n) is 14.8. The van der Waals surface area contributed by atoms with E-state index in [0.29, 0.717) is 0 Å². The molecule has 1 atom stereocenters. The number of rotatable bonds is 5. The molecule has 0 aliphatic carbocycles. The highest BCUT2D eigenvalue weighted by atomic mass is 16.6. The summed E-state index contributed by atoms with van der Waals surface area (Å²) in [7, 11) is 1.89. The van der Waals surface area contributed by atoms with Crippen LogP contribution in [0, 0.1) is 10.1 Å². The Bertz CT molecular complexity index is 1080. The predicted octanol–water partition coefficient (Wildman–Crippen LogP) is 5.30. The summed E-state index contributed by atoms with van der Waals surface area (Å²) in [6.45, 7) is 0. The molecule has 1 unspecified atom stereocenters. The molecule has 5 heteroatoms. The van der Waals surface area contributed by atoms with E-state index in [2.05, 4.69) is 34.6 Å². The highest BCUT2D eigenvalue weighted by Crippen LogP contribution is 2.37. The highest BCUT2D eigenvalue weighted by molar-refractivity contribution is 5.84. The number of nitro groups is 1. The van der Waals surface area contributed by atoms with Crippen molar-refractivity contribution in [3.05, 3.63) is 106 Å². The lowest BCUT2D eigenvalue weighted by Crippen LogP contribution is -2.03. The molecule has 1 aromatic heterocycles. The van der Waals surface area contributed by atoms with Crippen molar-refractivity contribution in [1.29, 1.82) is 0 Å². The van der Waals surface area contributed by atoms with E-state index < -0.39 is 0 Å². The molecule has 0 aliphatic heterocycles. The average molecular weight is 357 g/mol. The maximum atomic E-state index is 11.0. The van der Waals surface area contributed by atoms with E-state index >= 15 is 0 Å². The third kappa shape index (κ3) is 3.15. The molecule has 0 radical (unpaired) electrons. The molecule has 5 nitrogen and oxygen atoms in total. The third-order valence-electron chi connectivity index (χ3n) is 4.90. The van der Waals surface area contributed by atoms with Crippen molar-refractivity contribution in [1.82, 2.24) is 4.98 Å². The van der Waals surface area contributed by atoms with E-state index in [4.69, 9.17) is 0 Å². The molecule has 0 fully saturated rings. The van der Waals surface area contributed by atoms with Crippen molar-refractivity contribution in [3.8, 4) is 0 Å². The Labute approximate surface area is 156 Å². The first-order chi connectivity index (χ1) is 13.2. The number of non-ortho nitro benzene ring substituents is 1. The lowest BCUT2D eigenvalue weighted by molar-refractivity contribution is -0.384. The van der Waals surface area contributed by atoms with E-state index in [-0.39, 0.29) is 16.5 Å². The van der Waals surface area contributed by atoms with E-state index in [1.807, 2.05) is 49.6 Å². The van der Waals surface area contributed by atoms with Gasteiger partial charge in [-0.05, 0) is 34.9 Å². The largest absolute Gasteiger partial charge is 0.388 e. The number of anilines is 1. The number of aromatic nitrogens is 1. The number of para-hydroxylation sites is 1. The van der Waals surface area contributed by atoms with Crippen LogP contribution in [0.15, 0.2) is 79.0 Å². The van der Waals surface area contributed by atoms with E-state index in [1.165, 1.54) is 0 Å². The lowest BCUT2D eigenvalue weighted by atomic mass is 9.85. The molecule has 4 aromatic rings. The number of nitro benzene ring substituents is 1. The summed E-state index contributed by atoms with van der Waals surface area (Å²) in [6, 6.07) is 23.3. The second-order valence-corrected chi connectivity index (χ2v) is 6.44. The Morgan fingerprint density at radius 3 is 2.19 bits per heavy atom. The molecular weight excluding hydrogens is 338 g/mol. The summed E-state index contributed by atoms with van der Waals surface area (Å²) in [5, 5.41) is 15.3. The fourth-order valence-electron chi connectivity index (χ4n) is 3.52. The zero-order valence-corrected chi connectivity index (χ0v) is 14.8. The van der Waals surface area contributed by atoms with Gasteiger partial charge >= 0.3 is 0 Å². The lowest BCUT2D eigenvalue weighted by Gasteiger charge is -2.18. The Morgan fingerprint density at radius 2 is 1.56 bits per heavy atom. The van der Waals surface area contributed by atoms with Crippen molar-refractivity contribution in [2.24, 2.45) is 0 Å². The minimum Gasteiger partial charge on any atom is -0.388 e. The Hall–Kier alpha value is -3.60. The van der Waals surface area contributed by atoms with Gasteiger partial charge in [-0.15, -0.1) is 0 Å². The van der Waals surface area contributed by atoms with Crippen molar-refractivity contribution in [2.45, 2.75) is 5.92 Å². The van der Waals surface area contributed by atoms with Gasteiger partial charge in [-0.1, -0.05) is 42.5 Å². The molecule has 0 spiro atoms. The van der Waals surface area contributed by atoms with Crippen LogP contribution in [0.3, 0.4) is 0 Å². The minimum atomic E-state index is -0.369. The second-order valence-electron chi connectivity index (χ2n) is 6.44. The van der Waals surface area contributed by atoms with E-state index in [1.54, 1.807) is 12.1 Å². The molecular formula is C22H19N3O2. The summed E-state index contributed by atoms with van der Waals surface area (Å²) in [5.41, 5.74) is 5.51. The van der Waals surface area contributed by atoms with E-state index in [0.717, 1.165) is 33.3 Å². The predicted molar refractivity (Wildman–Crippen MR) is 108 cm³/mol. The third-order valence-corrected chi connectivity index (χ3v) is 4.90. The second kappa shape index (κ2) is 6.96. The van der Waals surface area contributed by atoms with Gasteiger partial charge in [0, 0.05) is 47.9 Å². The topological polar surface area (TPSA) is 71.0 Å². The Morgan fingerprint density at radius 1 is 0.926 bits per heavy atom. The van der Waals surface area contributed by atoms with Crippen molar-refractivity contribution >= 4 is 22.3 Å². The minimum absolute atomic E-state index is 0.0205. The maximum absolute atomic E-state index is 11.0. The normalized spacial score (nSPS) is 12.0. The van der Waals surface area contributed by atoms with Crippen LogP contribution in [0.2, 0.25) is 0 Å². The maximum Gasteiger partial charge on any atom is 0.269 e. The molecule has 0 amide bonds. The summed E-state index contributed by atoms with van der Waals surface area (Å²) < 4.78 is 0. The van der Waals surface area contributed by atoms with Crippen LogP contribution in [0.4, 0.5) is 11.4 Å². The van der Waals surface area contributed by atoms with Crippen molar-refractivity contribution < 1.29 is 4.92 Å². The van der Waals surface area contributed by atoms with Gasteiger partial charge in [-0.3, -0.25) is 10.1 Å². The fourth-order valence-corrected chi connectivity index (χ4v) is 3.52. The molecule has 0 aliphatic rings. The summed E-state index contributed by atoms with van der Waals surface area (Å²) in [6.07, 6.45) is 2.03. The molecule has 0 bridgehead atoms. The number of hydrogen-bond acceptors (Lipinski definition) is 3. The molecule has 2 N–H and O–H groups in total. The number of nitrogens with zero attached hydrogens (tertiary/aromatic N) is 1. The van der Waals surface area contributed by atoms with Crippen LogP contribution >= 0.6 is 0 Å². The molecule has 0 saturated heterocycles. The zero-order chi connectivity index (χ0) is 18.8. The van der Waals surface area contributed by atoms with Gasteiger partial charge in [0.25, 0.3) is 5.69 Å². The first-order valence-electron chi connectivity index (χ1n) is 8.75. The molecule has 27 heavy (non-hydrogen) atoms. The number of aromatic amines is 1. The van der Waals surface area contributed by atoms with Gasteiger partial charge in [0.1, 0.15) is 0 Å².